The van der Waals surface area contributed by atoms with Gasteiger partial charge in [-0.15, -0.1) is 13.2 Å². The van der Waals surface area contributed by atoms with Gasteiger partial charge in [0, 0.05) is 37.8 Å². The molecule has 1 fully saturated rings. The molecule has 0 aromatic heterocycles. The van der Waals surface area contributed by atoms with Crippen LogP contribution in [0.4, 0.5) is 32.0 Å². The lowest BCUT2D eigenvalue weighted by Gasteiger charge is -2.30. The van der Waals surface area contributed by atoms with Crippen LogP contribution in [0.25, 0.3) is 0 Å². The van der Waals surface area contributed by atoms with E-state index < -0.39 is 36.0 Å². The molecule has 220 valence electrons. The lowest BCUT2D eigenvalue weighted by Crippen LogP contribution is -2.47. The second kappa shape index (κ2) is 13.2. The zero-order valence-corrected chi connectivity index (χ0v) is 21.9. The van der Waals surface area contributed by atoms with Crippen molar-refractivity contribution in [2.45, 2.75) is 44.8 Å². The standard InChI is InChI=1S/C27H31F6N3O4/c1-17(2)23(16-34-20-7-9-21(10-8-20)40-27(31,32)33)35-25(38)22(15-24(37)36-11-13-39-14-12-36)18-3-5-19(6-4-18)26(28,29)30/h3-10,17,22-23,34H,11-16H2,1-2H3,(H,35,38)/t22-,23+/m0/s1. The fourth-order valence-electron chi connectivity index (χ4n) is 4.12. The Morgan fingerprint density at radius 2 is 1.55 bits per heavy atom. The number of hydrogen-bond donors (Lipinski definition) is 2. The molecule has 0 spiro atoms. The fraction of sp³-hybridized carbons (Fsp3) is 0.481. The summed E-state index contributed by atoms with van der Waals surface area (Å²) in [5.41, 5.74) is -0.121. The third kappa shape index (κ3) is 9.32. The molecule has 2 aromatic rings. The molecule has 0 unspecified atom stereocenters. The Morgan fingerprint density at radius 3 is 2.08 bits per heavy atom. The van der Waals surface area contributed by atoms with Gasteiger partial charge in [0.1, 0.15) is 5.75 Å². The topological polar surface area (TPSA) is 79.9 Å². The van der Waals surface area contributed by atoms with Gasteiger partial charge in [0.25, 0.3) is 0 Å². The molecule has 13 heteroatoms. The van der Waals surface area contributed by atoms with E-state index in [2.05, 4.69) is 15.4 Å². The van der Waals surface area contributed by atoms with Crippen LogP contribution in [0.5, 0.6) is 5.75 Å². The third-order valence-electron chi connectivity index (χ3n) is 6.45. The fourth-order valence-corrected chi connectivity index (χ4v) is 4.12. The summed E-state index contributed by atoms with van der Waals surface area (Å²) in [7, 11) is 0. The van der Waals surface area contributed by atoms with E-state index in [0.29, 0.717) is 32.0 Å². The second-order valence-corrected chi connectivity index (χ2v) is 9.68. The molecule has 0 aliphatic carbocycles. The minimum Gasteiger partial charge on any atom is -0.406 e. The zero-order chi connectivity index (χ0) is 29.5. The van der Waals surface area contributed by atoms with Crippen LogP contribution in [0.15, 0.2) is 48.5 Å². The molecule has 7 nitrogen and oxygen atoms in total. The summed E-state index contributed by atoms with van der Waals surface area (Å²) in [5, 5.41) is 5.94. The SMILES string of the molecule is CC(C)[C@@H](CNc1ccc(OC(F)(F)F)cc1)NC(=O)[C@@H](CC(=O)N1CCOCC1)c1ccc(C(F)(F)F)cc1. The molecule has 1 saturated heterocycles. The molecule has 3 rings (SSSR count). The number of carbonyl (C=O) groups is 2. The Morgan fingerprint density at radius 1 is 0.950 bits per heavy atom. The van der Waals surface area contributed by atoms with Gasteiger partial charge in [0.2, 0.25) is 11.8 Å². The highest BCUT2D eigenvalue weighted by atomic mass is 19.4. The van der Waals surface area contributed by atoms with Crippen LogP contribution < -0.4 is 15.4 Å². The number of nitrogens with zero attached hydrogens (tertiary/aromatic N) is 1. The Hall–Kier alpha value is -3.48. The van der Waals surface area contributed by atoms with Gasteiger partial charge in [0.05, 0.1) is 24.7 Å². The summed E-state index contributed by atoms with van der Waals surface area (Å²) in [5.74, 6) is -2.37. The van der Waals surface area contributed by atoms with Crippen molar-refractivity contribution in [2.75, 3.05) is 38.2 Å². The summed E-state index contributed by atoms with van der Waals surface area (Å²) in [4.78, 5) is 28.0. The molecule has 2 atom stereocenters. The predicted octanol–water partition coefficient (Wildman–Crippen LogP) is 5.19. The quantitative estimate of drug-likeness (QED) is 0.382. The minimum absolute atomic E-state index is 0.104. The van der Waals surface area contributed by atoms with E-state index in [4.69, 9.17) is 4.74 Å². The van der Waals surface area contributed by atoms with Crippen LogP contribution in [0.3, 0.4) is 0 Å². The maximum absolute atomic E-state index is 13.5. The van der Waals surface area contributed by atoms with E-state index in [0.717, 1.165) is 24.3 Å². The maximum Gasteiger partial charge on any atom is 0.573 e. The van der Waals surface area contributed by atoms with Crippen molar-refractivity contribution in [1.82, 2.24) is 10.2 Å². The van der Waals surface area contributed by atoms with Crippen molar-refractivity contribution in [2.24, 2.45) is 5.92 Å². The number of carbonyl (C=O) groups excluding carboxylic acids is 2. The van der Waals surface area contributed by atoms with E-state index in [-0.39, 0.29) is 36.1 Å². The molecule has 2 amide bonds. The van der Waals surface area contributed by atoms with Crippen molar-refractivity contribution >= 4 is 17.5 Å². The highest BCUT2D eigenvalue weighted by Crippen LogP contribution is 2.31. The van der Waals surface area contributed by atoms with E-state index in [1.807, 2.05) is 13.8 Å². The summed E-state index contributed by atoms with van der Waals surface area (Å²) in [6.07, 6.45) is -9.60. The number of anilines is 1. The monoisotopic (exact) mass is 575 g/mol. The highest BCUT2D eigenvalue weighted by molar-refractivity contribution is 5.90. The van der Waals surface area contributed by atoms with Crippen molar-refractivity contribution in [3.8, 4) is 5.75 Å². The van der Waals surface area contributed by atoms with Gasteiger partial charge in [-0.25, -0.2) is 0 Å². The molecule has 0 bridgehead atoms. The average Bonchev–Trinajstić information content (AvgIpc) is 2.89. The van der Waals surface area contributed by atoms with Crippen molar-refractivity contribution in [1.29, 1.82) is 0 Å². The van der Waals surface area contributed by atoms with Gasteiger partial charge in [-0.05, 0) is 47.9 Å². The molecule has 1 heterocycles. The number of ether oxygens (including phenoxy) is 2. The van der Waals surface area contributed by atoms with Crippen LogP contribution in [-0.2, 0) is 20.5 Å². The van der Waals surface area contributed by atoms with Gasteiger partial charge in [-0.3, -0.25) is 9.59 Å². The van der Waals surface area contributed by atoms with Gasteiger partial charge < -0.3 is 25.0 Å². The molecule has 0 saturated carbocycles. The number of benzene rings is 2. The number of rotatable bonds is 10. The molecule has 1 aliphatic heterocycles. The van der Waals surface area contributed by atoms with Crippen LogP contribution in [0.1, 0.15) is 37.3 Å². The molecule has 2 aromatic carbocycles. The second-order valence-electron chi connectivity index (χ2n) is 9.68. The summed E-state index contributed by atoms with van der Waals surface area (Å²) in [6, 6.07) is 8.77. The first-order valence-electron chi connectivity index (χ1n) is 12.7. The molecular weight excluding hydrogens is 544 g/mol. The minimum atomic E-state index is -4.81. The molecule has 1 aliphatic rings. The summed E-state index contributed by atoms with van der Waals surface area (Å²) < 4.78 is 85.6. The first-order chi connectivity index (χ1) is 18.7. The molecular formula is C27H31F6N3O4. The number of morpholine rings is 1. The van der Waals surface area contributed by atoms with Crippen molar-refractivity contribution in [3.05, 3.63) is 59.7 Å². The van der Waals surface area contributed by atoms with Crippen LogP contribution in [0, 0.1) is 5.92 Å². The molecule has 40 heavy (non-hydrogen) atoms. The number of alkyl halides is 6. The van der Waals surface area contributed by atoms with E-state index in [1.165, 1.54) is 24.3 Å². The Bertz CT molecular complexity index is 1120. The lowest BCUT2D eigenvalue weighted by molar-refractivity contribution is -0.274. The largest absolute Gasteiger partial charge is 0.573 e. The normalized spacial score (nSPS) is 15.9. The summed E-state index contributed by atoms with van der Waals surface area (Å²) >= 11 is 0. The number of amides is 2. The Labute approximate surface area is 227 Å². The number of hydrogen-bond acceptors (Lipinski definition) is 5. The predicted molar refractivity (Wildman–Crippen MR) is 135 cm³/mol. The van der Waals surface area contributed by atoms with E-state index >= 15 is 0 Å². The first-order valence-corrected chi connectivity index (χ1v) is 12.7. The van der Waals surface area contributed by atoms with Crippen LogP contribution >= 0.6 is 0 Å². The van der Waals surface area contributed by atoms with Gasteiger partial charge in [-0.2, -0.15) is 13.2 Å². The Balaban J connectivity index is 1.73. The number of halogens is 6. The van der Waals surface area contributed by atoms with Crippen molar-refractivity contribution < 1.29 is 45.4 Å². The summed E-state index contributed by atoms with van der Waals surface area (Å²) in [6.45, 7) is 5.30. The first kappa shape index (κ1) is 31.1. The van der Waals surface area contributed by atoms with E-state index in [1.54, 1.807) is 4.90 Å². The van der Waals surface area contributed by atoms with Gasteiger partial charge in [0.15, 0.2) is 0 Å². The van der Waals surface area contributed by atoms with Crippen LogP contribution in [-0.4, -0.2) is 62.0 Å². The highest BCUT2D eigenvalue weighted by Gasteiger charge is 2.33. The average molecular weight is 576 g/mol. The lowest BCUT2D eigenvalue weighted by atomic mass is 9.92. The van der Waals surface area contributed by atoms with Gasteiger partial charge >= 0.3 is 12.5 Å². The zero-order valence-electron chi connectivity index (χ0n) is 21.9. The van der Waals surface area contributed by atoms with Crippen molar-refractivity contribution in [3.63, 3.8) is 0 Å². The molecule has 0 radical (unpaired) electrons. The number of nitrogens with one attached hydrogen (secondary N) is 2. The van der Waals surface area contributed by atoms with E-state index in [9.17, 15) is 35.9 Å². The maximum atomic E-state index is 13.5. The smallest absolute Gasteiger partial charge is 0.406 e. The molecule has 2 N–H and O–H groups in total. The Kier molecular flexibility index (Phi) is 10.3. The van der Waals surface area contributed by atoms with Gasteiger partial charge in [-0.1, -0.05) is 26.0 Å². The third-order valence-corrected chi connectivity index (χ3v) is 6.45. The van der Waals surface area contributed by atoms with Crippen LogP contribution in [0.2, 0.25) is 0 Å².